The van der Waals surface area contributed by atoms with Crippen LogP contribution in [0, 0.1) is 0 Å². The molecule has 0 unspecified atom stereocenters. The van der Waals surface area contributed by atoms with E-state index < -0.39 is 0 Å². The Morgan fingerprint density at radius 2 is 1.67 bits per heavy atom. The summed E-state index contributed by atoms with van der Waals surface area (Å²) in [4.78, 5) is 19.8. The fourth-order valence-electron chi connectivity index (χ4n) is 2.58. The number of carbonyl (C=O) groups is 1. The maximum absolute atomic E-state index is 11.1. The Morgan fingerprint density at radius 1 is 0.926 bits per heavy atom. The van der Waals surface area contributed by atoms with Crippen LogP contribution >= 0.6 is 0 Å². The van der Waals surface area contributed by atoms with Gasteiger partial charge in [0.15, 0.2) is 11.5 Å². The molecule has 3 N–H and O–H groups in total. The second kappa shape index (κ2) is 7.20. The number of ether oxygens (including phenoxy) is 2. The second-order valence-corrected chi connectivity index (χ2v) is 5.84. The van der Waals surface area contributed by atoms with Gasteiger partial charge in [-0.3, -0.25) is 4.79 Å². The quantitative estimate of drug-likeness (QED) is 0.636. The van der Waals surface area contributed by atoms with E-state index in [1.807, 2.05) is 42.5 Å². The van der Waals surface area contributed by atoms with Crippen molar-refractivity contribution in [3.8, 4) is 11.5 Å². The summed E-state index contributed by atoms with van der Waals surface area (Å²) >= 11 is 0. The van der Waals surface area contributed by atoms with Crippen LogP contribution in [-0.4, -0.2) is 22.7 Å². The average molecular weight is 363 g/mol. The van der Waals surface area contributed by atoms with Gasteiger partial charge in [0.1, 0.15) is 5.82 Å². The lowest BCUT2D eigenvalue weighted by atomic mass is 10.2. The fraction of sp³-hybridized carbons (Fsp3) is 0.105. The Kier molecular flexibility index (Phi) is 4.44. The van der Waals surface area contributed by atoms with E-state index in [1.165, 1.54) is 6.92 Å². The van der Waals surface area contributed by atoms with Crippen LogP contribution in [0.2, 0.25) is 0 Å². The van der Waals surface area contributed by atoms with Crippen LogP contribution in [0.4, 0.5) is 28.8 Å². The molecular weight excluding hydrogens is 346 g/mol. The highest BCUT2D eigenvalue weighted by Gasteiger charge is 2.13. The van der Waals surface area contributed by atoms with Gasteiger partial charge in [0.2, 0.25) is 18.6 Å². The Balaban J connectivity index is 1.45. The van der Waals surface area contributed by atoms with Crippen molar-refractivity contribution in [2.75, 3.05) is 22.7 Å². The van der Waals surface area contributed by atoms with E-state index in [0.717, 1.165) is 22.8 Å². The zero-order valence-electron chi connectivity index (χ0n) is 14.5. The lowest BCUT2D eigenvalue weighted by Crippen LogP contribution is -2.05. The highest BCUT2D eigenvalue weighted by molar-refractivity contribution is 5.88. The molecule has 4 rings (SSSR count). The highest BCUT2D eigenvalue weighted by atomic mass is 16.7. The van der Waals surface area contributed by atoms with E-state index in [-0.39, 0.29) is 12.7 Å². The SMILES string of the molecule is CC(=O)Nc1ccc(Nc2ccnc(Nc3ccc4c(c3)OCO4)n2)cc1. The molecule has 3 aromatic rings. The number of nitrogens with zero attached hydrogens (tertiary/aromatic N) is 2. The summed E-state index contributed by atoms with van der Waals surface area (Å²) in [5.74, 6) is 2.40. The molecule has 2 aromatic carbocycles. The molecule has 0 bridgehead atoms. The number of anilines is 5. The minimum absolute atomic E-state index is 0.106. The molecule has 0 atom stereocenters. The number of fused-ring (bicyclic) bond motifs is 1. The van der Waals surface area contributed by atoms with Crippen molar-refractivity contribution in [1.82, 2.24) is 9.97 Å². The lowest BCUT2D eigenvalue weighted by molar-refractivity contribution is -0.114. The van der Waals surface area contributed by atoms with Gasteiger partial charge in [-0.1, -0.05) is 0 Å². The van der Waals surface area contributed by atoms with Crippen molar-refractivity contribution < 1.29 is 14.3 Å². The van der Waals surface area contributed by atoms with Gasteiger partial charge >= 0.3 is 0 Å². The van der Waals surface area contributed by atoms with Gasteiger partial charge in [0.25, 0.3) is 0 Å². The van der Waals surface area contributed by atoms with Crippen molar-refractivity contribution in [2.24, 2.45) is 0 Å². The molecule has 136 valence electrons. The first-order valence-electron chi connectivity index (χ1n) is 8.30. The zero-order chi connectivity index (χ0) is 18.6. The van der Waals surface area contributed by atoms with Crippen LogP contribution in [0.1, 0.15) is 6.92 Å². The molecule has 8 heteroatoms. The van der Waals surface area contributed by atoms with E-state index in [9.17, 15) is 4.79 Å². The Hall–Kier alpha value is -3.81. The number of nitrogens with one attached hydrogen (secondary N) is 3. The summed E-state index contributed by atoms with van der Waals surface area (Å²) in [6.07, 6.45) is 1.66. The van der Waals surface area contributed by atoms with Crippen LogP contribution in [0.25, 0.3) is 0 Å². The Bertz CT molecular complexity index is 975. The van der Waals surface area contributed by atoms with Crippen molar-refractivity contribution in [1.29, 1.82) is 0 Å². The maximum Gasteiger partial charge on any atom is 0.231 e. The standard InChI is InChI=1S/C19H17N5O3/c1-12(25)21-13-2-4-14(5-3-13)22-18-8-9-20-19(24-18)23-15-6-7-16-17(10-15)27-11-26-16/h2-10H,11H2,1H3,(H,21,25)(H2,20,22,23,24). The van der Waals surface area contributed by atoms with Crippen molar-refractivity contribution in [2.45, 2.75) is 6.92 Å². The molecule has 0 fully saturated rings. The molecule has 1 aromatic heterocycles. The summed E-state index contributed by atoms with van der Waals surface area (Å²) in [5, 5.41) is 9.08. The molecule has 0 saturated carbocycles. The number of hydrogen-bond acceptors (Lipinski definition) is 7. The monoisotopic (exact) mass is 363 g/mol. The van der Waals surface area contributed by atoms with Crippen molar-refractivity contribution >= 4 is 34.7 Å². The van der Waals surface area contributed by atoms with Crippen LogP contribution in [0.15, 0.2) is 54.7 Å². The predicted octanol–water partition coefficient (Wildman–Crippen LogP) is 3.65. The van der Waals surface area contributed by atoms with Gasteiger partial charge in [0.05, 0.1) is 0 Å². The number of benzene rings is 2. The molecule has 0 spiro atoms. The molecule has 0 saturated heterocycles. The molecule has 0 radical (unpaired) electrons. The highest BCUT2D eigenvalue weighted by Crippen LogP contribution is 2.34. The van der Waals surface area contributed by atoms with Crippen LogP contribution in [0.3, 0.4) is 0 Å². The van der Waals surface area contributed by atoms with Crippen molar-refractivity contribution in [3.63, 3.8) is 0 Å². The lowest BCUT2D eigenvalue weighted by Gasteiger charge is -2.09. The van der Waals surface area contributed by atoms with E-state index in [0.29, 0.717) is 17.5 Å². The Morgan fingerprint density at radius 3 is 2.48 bits per heavy atom. The Labute approximate surface area is 155 Å². The van der Waals surface area contributed by atoms with E-state index in [1.54, 1.807) is 12.3 Å². The minimum atomic E-state index is -0.106. The van der Waals surface area contributed by atoms with E-state index in [4.69, 9.17) is 9.47 Å². The maximum atomic E-state index is 11.1. The average Bonchev–Trinajstić information content (AvgIpc) is 3.11. The van der Waals surface area contributed by atoms with E-state index >= 15 is 0 Å². The topological polar surface area (TPSA) is 97.4 Å². The minimum Gasteiger partial charge on any atom is -0.454 e. The smallest absolute Gasteiger partial charge is 0.231 e. The van der Waals surface area contributed by atoms with Crippen LogP contribution in [-0.2, 0) is 4.79 Å². The summed E-state index contributed by atoms with van der Waals surface area (Å²) in [6, 6.07) is 14.7. The first kappa shape index (κ1) is 16.6. The third kappa shape index (κ3) is 4.06. The second-order valence-electron chi connectivity index (χ2n) is 5.84. The van der Waals surface area contributed by atoms with Gasteiger partial charge in [-0.15, -0.1) is 0 Å². The van der Waals surface area contributed by atoms with E-state index in [2.05, 4.69) is 25.9 Å². The van der Waals surface area contributed by atoms with Crippen LogP contribution in [0.5, 0.6) is 11.5 Å². The molecule has 1 aliphatic rings. The summed E-state index contributed by atoms with van der Waals surface area (Å²) < 4.78 is 10.7. The predicted molar refractivity (Wildman–Crippen MR) is 102 cm³/mol. The number of amides is 1. The van der Waals surface area contributed by atoms with Crippen molar-refractivity contribution in [3.05, 3.63) is 54.7 Å². The van der Waals surface area contributed by atoms with Gasteiger partial charge in [-0.05, 0) is 42.5 Å². The summed E-state index contributed by atoms with van der Waals surface area (Å²) in [7, 11) is 0. The zero-order valence-corrected chi connectivity index (χ0v) is 14.5. The number of hydrogen-bond donors (Lipinski definition) is 3. The molecule has 2 heterocycles. The summed E-state index contributed by atoms with van der Waals surface area (Å²) in [6.45, 7) is 1.71. The summed E-state index contributed by atoms with van der Waals surface area (Å²) in [5.41, 5.74) is 2.38. The molecule has 1 aliphatic heterocycles. The number of carbonyl (C=O) groups excluding carboxylic acids is 1. The van der Waals surface area contributed by atoms with Gasteiger partial charge < -0.3 is 25.4 Å². The molecule has 1 amide bonds. The normalized spacial score (nSPS) is 11.7. The first-order chi connectivity index (χ1) is 13.2. The molecular formula is C19H17N5O3. The number of aromatic nitrogens is 2. The molecule has 0 aliphatic carbocycles. The third-order valence-corrected chi connectivity index (χ3v) is 3.76. The first-order valence-corrected chi connectivity index (χ1v) is 8.30. The van der Waals surface area contributed by atoms with Gasteiger partial charge in [-0.25, -0.2) is 4.98 Å². The molecule has 8 nitrogen and oxygen atoms in total. The van der Waals surface area contributed by atoms with Gasteiger partial charge in [0, 0.05) is 36.2 Å². The van der Waals surface area contributed by atoms with Gasteiger partial charge in [-0.2, -0.15) is 4.98 Å². The molecule has 27 heavy (non-hydrogen) atoms. The largest absolute Gasteiger partial charge is 0.454 e. The van der Waals surface area contributed by atoms with Crippen LogP contribution < -0.4 is 25.4 Å². The number of rotatable bonds is 5. The fourth-order valence-corrected chi connectivity index (χ4v) is 2.58. The third-order valence-electron chi connectivity index (χ3n) is 3.76.